The van der Waals surface area contributed by atoms with E-state index < -0.39 is 0 Å². The molecule has 1 aromatic carbocycles. The number of anilines is 1. The fourth-order valence-electron chi connectivity index (χ4n) is 2.64. The number of nitrogens with zero attached hydrogens (tertiary/aromatic N) is 2. The van der Waals surface area contributed by atoms with Gasteiger partial charge in [0.15, 0.2) is 5.84 Å². The van der Waals surface area contributed by atoms with Crippen LogP contribution in [-0.2, 0) is 4.74 Å². The van der Waals surface area contributed by atoms with Gasteiger partial charge in [-0.25, -0.2) is 0 Å². The molecule has 1 heterocycles. The SMILES string of the molecule is COC1CN(c2cccc(Cl)c2/C(N)=N/O)CCC1C. The minimum atomic E-state index is 0.0261. The molecule has 0 amide bonds. The summed E-state index contributed by atoms with van der Waals surface area (Å²) in [4.78, 5) is 2.17. The fourth-order valence-corrected chi connectivity index (χ4v) is 2.91. The third kappa shape index (κ3) is 2.83. The average molecular weight is 298 g/mol. The van der Waals surface area contributed by atoms with Crippen molar-refractivity contribution in [3.8, 4) is 0 Å². The summed E-state index contributed by atoms with van der Waals surface area (Å²) in [5.41, 5.74) is 7.20. The van der Waals surface area contributed by atoms with Gasteiger partial charge in [0.2, 0.25) is 0 Å². The minimum absolute atomic E-state index is 0.0261. The van der Waals surface area contributed by atoms with Crippen molar-refractivity contribution in [3.63, 3.8) is 0 Å². The van der Waals surface area contributed by atoms with E-state index in [0.29, 0.717) is 16.5 Å². The Balaban J connectivity index is 2.36. The molecule has 5 nitrogen and oxygen atoms in total. The third-order valence-electron chi connectivity index (χ3n) is 3.89. The van der Waals surface area contributed by atoms with Crippen molar-refractivity contribution in [1.82, 2.24) is 0 Å². The van der Waals surface area contributed by atoms with Gasteiger partial charge in [0.1, 0.15) is 0 Å². The number of methoxy groups -OCH3 is 1. The first kappa shape index (κ1) is 14.9. The van der Waals surface area contributed by atoms with Crippen LogP contribution < -0.4 is 10.6 Å². The molecule has 0 saturated carbocycles. The molecule has 0 spiro atoms. The van der Waals surface area contributed by atoms with Crippen LogP contribution in [-0.4, -0.2) is 37.3 Å². The fraction of sp³-hybridized carbons (Fsp3) is 0.500. The highest BCUT2D eigenvalue weighted by Crippen LogP contribution is 2.31. The molecule has 110 valence electrons. The zero-order valence-electron chi connectivity index (χ0n) is 11.7. The smallest absolute Gasteiger partial charge is 0.173 e. The summed E-state index contributed by atoms with van der Waals surface area (Å²) in [6.07, 6.45) is 1.20. The Morgan fingerprint density at radius 3 is 2.95 bits per heavy atom. The van der Waals surface area contributed by atoms with Crippen LogP contribution in [0.5, 0.6) is 0 Å². The lowest BCUT2D eigenvalue weighted by atomic mass is 9.95. The van der Waals surface area contributed by atoms with Crippen LogP contribution in [0.4, 0.5) is 5.69 Å². The van der Waals surface area contributed by atoms with E-state index in [2.05, 4.69) is 17.0 Å². The summed E-state index contributed by atoms with van der Waals surface area (Å²) in [6.45, 7) is 3.85. The summed E-state index contributed by atoms with van der Waals surface area (Å²) in [7, 11) is 1.73. The second-order valence-corrected chi connectivity index (χ2v) is 5.51. The maximum atomic E-state index is 8.94. The van der Waals surface area contributed by atoms with E-state index in [1.165, 1.54) is 0 Å². The first-order valence-corrected chi connectivity index (χ1v) is 7.00. The van der Waals surface area contributed by atoms with Crippen LogP contribution in [0.2, 0.25) is 5.02 Å². The summed E-state index contributed by atoms with van der Waals surface area (Å²) < 4.78 is 5.53. The molecule has 1 aliphatic rings. The lowest BCUT2D eigenvalue weighted by molar-refractivity contribution is 0.0498. The number of oxime groups is 1. The lowest BCUT2D eigenvalue weighted by Crippen LogP contribution is -2.44. The molecule has 0 aliphatic carbocycles. The molecule has 1 saturated heterocycles. The number of hydrogen-bond acceptors (Lipinski definition) is 4. The van der Waals surface area contributed by atoms with Crippen LogP contribution in [0, 0.1) is 5.92 Å². The summed E-state index contributed by atoms with van der Waals surface area (Å²) >= 11 is 6.19. The van der Waals surface area contributed by atoms with Gasteiger partial charge >= 0.3 is 0 Å². The average Bonchev–Trinajstić information content (AvgIpc) is 2.46. The number of rotatable bonds is 3. The largest absolute Gasteiger partial charge is 0.409 e. The van der Waals surface area contributed by atoms with Gasteiger partial charge in [-0.2, -0.15) is 0 Å². The number of piperidine rings is 1. The highest BCUT2D eigenvalue weighted by atomic mass is 35.5. The molecule has 0 bridgehead atoms. The maximum Gasteiger partial charge on any atom is 0.173 e. The normalized spacial score (nSPS) is 23.9. The summed E-state index contributed by atoms with van der Waals surface area (Å²) in [5.74, 6) is 0.543. The molecular weight excluding hydrogens is 278 g/mol. The third-order valence-corrected chi connectivity index (χ3v) is 4.20. The first-order valence-electron chi connectivity index (χ1n) is 6.62. The standard InChI is InChI=1S/C14H20ClN3O2/c1-9-6-7-18(8-12(9)20-2)11-5-3-4-10(15)13(11)14(16)17-19/h3-5,9,12,19H,6-8H2,1-2H3,(H2,16,17). The van der Waals surface area contributed by atoms with E-state index in [9.17, 15) is 0 Å². The van der Waals surface area contributed by atoms with Crippen molar-refractivity contribution in [2.24, 2.45) is 16.8 Å². The van der Waals surface area contributed by atoms with E-state index in [-0.39, 0.29) is 11.9 Å². The highest BCUT2D eigenvalue weighted by Gasteiger charge is 2.28. The number of halogens is 1. The molecule has 1 aliphatic heterocycles. The Morgan fingerprint density at radius 1 is 1.55 bits per heavy atom. The monoisotopic (exact) mass is 297 g/mol. The van der Waals surface area contributed by atoms with E-state index in [0.717, 1.165) is 25.2 Å². The quantitative estimate of drug-likeness (QED) is 0.389. The summed E-state index contributed by atoms with van der Waals surface area (Å²) in [5, 5.41) is 12.5. The van der Waals surface area contributed by atoms with Gasteiger partial charge in [-0.15, -0.1) is 0 Å². The minimum Gasteiger partial charge on any atom is -0.409 e. The van der Waals surface area contributed by atoms with Crippen molar-refractivity contribution in [2.45, 2.75) is 19.4 Å². The topological polar surface area (TPSA) is 71.1 Å². The molecule has 3 N–H and O–H groups in total. The second kappa shape index (κ2) is 6.33. The molecule has 2 atom stereocenters. The van der Waals surface area contributed by atoms with Crippen molar-refractivity contribution in [1.29, 1.82) is 0 Å². The molecule has 1 aromatic rings. The van der Waals surface area contributed by atoms with Crippen molar-refractivity contribution in [3.05, 3.63) is 28.8 Å². The Bertz CT molecular complexity index is 507. The number of nitrogens with two attached hydrogens (primary N) is 1. The van der Waals surface area contributed by atoms with Crippen LogP contribution in [0.3, 0.4) is 0 Å². The summed E-state index contributed by atoms with van der Waals surface area (Å²) in [6, 6.07) is 5.53. The van der Waals surface area contributed by atoms with Crippen LogP contribution in [0.15, 0.2) is 23.4 Å². The van der Waals surface area contributed by atoms with Gasteiger partial charge in [-0.05, 0) is 24.5 Å². The Kier molecular flexibility index (Phi) is 4.73. The van der Waals surface area contributed by atoms with Gasteiger partial charge < -0.3 is 20.6 Å². The predicted octanol–water partition coefficient (Wildman–Crippen LogP) is 2.30. The molecule has 2 unspecified atom stereocenters. The Morgan fingerprint density at radius 2 is 2.30 bits per heavy atom. The Labute approximate surface area is 124 Å². The van der Waals surface area contributed by atoms with E-state index in [1.54, 1.807) is 13.2 Å². The Hall–Kier alpha value is -1.46. The molecule has 0 aromatic heterocycles. The van der Waals surface area contributed by atoms with Crippen LogP contribution >= 0.6 is 11.6 Å². The number of benzene rings is 1. The second-order valence-electron chi connectivity index (χ2n) is 5.11. The molecular formula is C14H20ClN3O2. The molecule has 20 heavy (non-hydrogen) atoms. The van der Waals surface area contributed by atoms with Gasteiger partial charge in [-0.3, -0.25) is 0 Å². The van der Waals surface area contributed by atoms with Crippen molar-refractivity contribution >= 4 is 23.1 Å². The first-order chi connectivity index (χ1) is 9.58. The van der Waals surface area contributed by atoms with Gasteiger partial charge in [0.05, 0.1) is 16.7 Å². The maximum absolute atomic E-state index is 8.94. The van der Waals surface area contributed by atoms with Gasteiger partial charge in [0.25, 0.3) is 0 Å². The lowest BCUT2D eigenvalue weighted by Gasteiger charge is -2.38. The van der Waals surface area contributed by atoms with Crippen molar-refractivity contribution < 1.29 is 9.94 Å². The van der Waals surface area contributed by atoms with Crippen LogP contribution in [0.25, 0.3) is 0 Å². The van der Waals surface area contributed by atoms with E-state index in [4.69, 9.17) is 27.3 Å². The van der Waals surface area contributed by atoms with E-state index >= 15 is 0 Å². The molecule has 0 radical (unpaired) electrons. The molecule has 2 rings (SSSR count). The molecule has 6 heteroatoms. The molecule has 1 fully saturated rings. The zero-order chi connectivity index (χ0) is 14.7. The van der Waals surface area contributed by atoms with Gasteiger partial charge in [-0.1, -0.05) is 29.7 Å². The zero-order valence-corrected chi connectivity index (χ0v) is 12.5. The number of amidine groups is 1. The van der Waals surface area contributed by atoms with Crippen molar-refractivity contribution in [2.75, 3.05) is 25.1 Å². The number of hydrogen-bond donors (Lipinski definition) is 2. The highest BCUT2D eigenvalue weighted by molar-refractivity contribution is 6.34. The van der Waals surface area contributed by atoms with Gasteiger partial charge in [0, 0.05) is 25.9 Å². The number of ether oxygens (including phenoxy) is 1. The van der Waals surface area contributed by atoms with E-state index in [1.807, 2.05) is 12.1 Å². The predicted molar refractivity (Wildman–Crippen MR) is 80.8 cm³/mol. The van der Waals surface area contributed by atoms with Crippen LogP contribution in [0.1, 0.15) is 18.9 Å².